The lowest BCUT2D eigenvalue weighted by Crippen LogP contribution is -2.23. The van der Waals surface area contributed by atoms with Crippen LogP contribution in [0.15, 0.2) is 12.1 Å². The number of rotatable bonds is 7. The lowest BCUT2D eigenvalue weighted by Gasteiger charge is -2.03. The number of nitrogens with one attached hydrogen (secondary N) is 1. The number of ether oxygens (including phenoxy) is 1. The average molecular weight is 281 g/mol. The van der Waals surface area contributed by atoms with Crippen LogP contribution in [0.1, 0.15) is 29.5 Å². The molecule has 0 saturated heterocycles. The predicted molar refractivity (Wildman–Crippen MR) is 75.9 cm³/mol. The van der Waals surface area contributed by atoms with E-state index < -0.39 is 0 Å². The topological polar surface area (TPSA) is 58.6 Å². The number of carbonyl (C=O) groups is 1. The van der Waals surface area contributed by atoms with Gasteiger partial charge in [-0.1, -0.05) is 11.8 Å². The van der Waals surface area contributed by atoms with Crippen molar-refractivity contribution in [2.75, 3.05) is 19.8 Å². The van der Waals surface area contributed by atoms with Gasteiger partial charge in [-0.2, -0.15) is 0 Å². The molecule has 0 aromatic carbocycles. The maximum atomic E-state index is 11.5. The zero-order valence-electron chi connectivity index (χ0n) is 11.1. The summed E-state index contributed by atoms with van der Waals surface area (Å²) in [5.41, 5.74) is 0. The molecule has 5 heteroatoms. The monoisotopic (exact) mass is 281 g/mol. The van der Waals surface area contributed by atoms with E-state index in [1.54, 1.807) is 11.3 Å². The SMILES string of the molecule is CCOCCC(=O)NCc1ccc(C#CCCO)s1. The highest BCUT2D eigenvalue weighted by Crippen LogP contribution is 2.15. The highest BCUT2D eigenvalue weighted by atomic mass is 32.1. The minimum atomic E-state index is -0.00485. The van der Waals surface area contributed by atoms with Crippen molar-refractivity contribution in [3.05, 3.63) is 21.9 Å². The van der Waals surface area contributed by atoms with Gasteiger partial charge in [0.15, 0.2) is 0 Å². The molecule has 0 aliphatic rings. The van der Waals surface area contributed by atoms with Crippen LogP contribution in [0.25, 0.3) is 0 Å². The van der Waals surface area contributed by atoms with Crippen molar-refractivity contribution < 1.29 is 14.6 Å². The number of hydrogen-bond acceptors (Lipinski definition) is 4. The van der Waals surface area contributed by atoms with Crippen LogP contribution in [0.4, 0.5) is 0 Å². The number of aliphatic hydroxyl groups excluding tert-OH is 1. The van der Waals surface area contributed by atoms with Crippen LogP contribution in [-0.4, -0.2) is 30.8 Å². The van der Waals surface area contributed by atoms with Crippen molar-refractivity contribution in [1.29, 1.82) is 0 Å². The van der Waals surface area contributed by atoms with E-state index in [4.69, 9.17) is 9.84 Å². The number of aliphatic hydroxyl groups is 1. The average Bonchev–Trinajstić information content (AvgIpc) is 2.85. The van der Waals surface area contributed by atoms with Gasteiger partial charge in [0, 0.05) is 24.3 Å². The van der Waals surface area contributed by atoms with E-state index in [1.807, 2.05) is 19.1 Å². The van der Waals surface area contributed by atoms with Crippen molar-refractivity contribution in [1.82, 2.24) is 5.32 Å². The maximum absolute atomic E-state index is 11.5. The molecule has 0 aliphatic heterocycles. The largest absolute Gasteiger partial charge is 0.395 e. The van der Waals surface area contributed by atoms with Crippen LogP contribution >= 0.6 is 11.3 Å². The maximum Gasteiger partial charge on any atom is 0.222 e. The molecule has 104 valence electrons. The second kappa shape index (κ2) is 9.56. The van der Waals surface area contributed by atoms with Crippen LogP contribution in [0.3, 0.4) is 0 Å². The van der Waals surface area contributed by atoms with Crippen molar-refractivity contribution >= 4 is 17.2 Å². The van der Waals surface area contributed by atoms with Gasteiger partial charge in [0.05, 0.1) is 24.6 Å². The summed E-state index contributed by atoms with van der Waals surface area (Å²) in [5.74, 6) is 5.84. The number of amides is 1. The second-order valence-electron chi connectivity index (χ2n) is 3.76. The van der Waals surface area contributed by atoms with Gasteiger partial charge in [0.2, 0.25) is 5.91 Å². The zero-order valence-corrected chi connectivity index (χ0v) is 11.9. The highest BCUT2D eigenvalue weighted by Gasteiger charge is 2.02. The van der Waals surface area contributed by atoms with Crippen LogP contribution in [0, 0.1) is 11.8 Å². The molecule has 4 nitrogen and oxygen atoms in total. The molecule has 0 unspecified atom stereocenters. The molecule has 0 radical (unpaired) electrons. The molecular weight excluding hydrogens is 262 g/mol. The molecule has 1 heterocycles. The molecule has 0 saturated carbocycles. The summed E-state index contributed by atoms with van der Waals surface area (Å²) in [6.45, 7) is 3.61. The summed E-state index contributed by atoms with van der Waals surface area (Å²) in [6.07, 6.45) is 0.879. The molecule has 0 spiro atoms. The van der Waals surface area contributed by atoms with Crippen molar-refractivity contribution in [2.45, 2.75) is 26.3 Å². The smallest absolute Gasteiger partial charge is 0.222 e. The molecule has 0 bridgehead atoms. The summed E-state index contributed by atoms with van der Waals surface area (Å²) in [5, 5.41) is 11.5. The summed E-state index contributed by atoms with van der Waals surface area (Å²) < 4.78 is 5.12. The number of thiophene rings is 1. The van der Waals surface area contributed by atoms with Gasteiger partial charge >= 0.3 is 0 Å². The fourth-order valence-electron chi connectivity index (χ4n) is 1.33. The van der Waals surface area contributed by atoms with Gasteiger partial charge in [-0.05, 0) is 19.1 Å². The Kier molecular flexibility index (Phi) is 7.91. The third kappa shape index (κ3) is 6.97. The van der Waals surface area contributed by atoms with Gasteiger partial charge in [0.1, 0.15) is 0 Å². The molecule has 1 amide bonds. The molecule has 0 atom stereocenters. The van der Waals surface area contributed by atoms with Crippen molar-refractivity contribution in [3.63, 3.8) is 0 Å². The Morgan fingerprint density at radius 2 is 2.37 bits per heavy atom. The Balaban J connectivity index is 2.30. The first-order valence-electron chi connectivity index (χ1n) is 6.29. The fourth-order valence-corrected chi connectivity index (χ4v) is 2.15. The minimum absolute atomic E-state index is 0.00485. The van der Waals surface area contributed by atoms with Gasteiger partial charge in [0.25, 0.3) is 0 Å². The quantitative estimate of drug-likeness (QED) is 0.588. The third-order valence-corrected chi connectivity index (χ3v) is 3.25. The second-order valence-corrected chi connectivity index (χ2v) is 4.93. The van der Waals surface area contributed by atoms with E-state index in [0.29, 0.717) is 32.6 Å². The lowest BCUT2D eigenvalue weighted by atomic mass is 10.3. The van der Waals surface area contributed by atoms with E-state index in [2.05, 4.69) is 17.2 Å². The van der Waals surface area contributed by atoms with Gasteiger partial charge in [-0.15, -0.1) is 11.3 Å². The Morgan fingerprint density at radius 1 is 1.53 bits per heavy atom. The van der Waals surface area contributed by atoms with Crippen LogP contribution in [0.2, 0.25) is 0 Å². The Bertz CT molecular complexity index is 445. The van der Waals surface area contributed by atoms with Crippen molar-refractivity contribution in [3.8, 4) is 11.8 Å². The Morgan fingerprint density at radius 3 is 3.11 bits per heavy atom. The van der Waals surface area contributed by atoms with Crippen LogP contribution < -0.4 is 5.32 Å². The molecule has 1 aromatic rings. The third-order valence-electron chi connectivity index (χ3n) is 2.25. The van der Waals surface area contributed by atoms with Crippen LogP contribution in [-0.2, 0) is 16.1 Å². The molecule has 1 rings (SSSR count). The molecule has 1 aromatic heterocycles. The van der Waals surface area contributed by atoms with Crippen LogP contribution in [0.5, 0.6) is 0 Å². The molecule has 0 fully saturated rings. The molecule has 0 aliphatic carbocycles. The Labute approximate surface area is 117 Å². The highest BCUT2D eigenvalue weighted by molar-refractivity contribution is 7.12. The molecular formula is C14H19NO3S. The predicted octanol–water partition coefficient (Wildman–Crippen LogP) is 1.52. The lowest BCUT2D eigenvalue weighted by molar-refractivity contribution is -0.122. The summed E-state index contributed by atoms with van der Waals surface area (Å²) in [4.78, 5) is 13.5. The first-order valence-corrected chi connectivity index (χ1v) is 7.10. The first-order chi connectivity index (χ1) is 9.26. The van der Waals surface area contributed by atoms with Gasteiger partial charge in [-0.25, -0.2) is 0 Å². The minimum Gasteiger partial charge on any atom is -0.395 e. The standard InChI is InChI=1S/C14H19NO3S/c1-2-18-10-8-14(17)15-11-13-7-6-12(19-13)5-3-4-9-16/h6-7,16H,2,4,8-11H2,1H3,(H,15,17). The van der Waals surface area contributed by atoms with E-state index in [-0.39, 0.29) is 12.5 Å². The summed E-state index contributed by atoms with van der Waals surface area (Å²) >= 11 is 1.55. The van der Waals surface area contributed by atoms with Crippen molar-refractivity contribution in [2.24, 2.45) is 0 Å². The number of hydrogen-bond donors (Lipinski definition) is 2. The van der Waals surface area contributed by atoms with E-state index in [9.17, 15) is 4.79 Å². The normalized spacial score (nSPS) is 9.79. The summed E-state index contributed by atoms with van der Waals surface area (Å²) in [7, 11) is 0. The number of carbonyl (C=O) groups excluding carboxylic acids is 1. The van der Waals surface area contributed by atoms with Gasteiger partial charge in [-0.3, -0.25) is 4.79 Å². The van der Waals surface area contributed by atoms with E-state index >= 15 is 0 Å². The fraction of sp³-hybridized carbons (Fsp3) is 0.500. The molecule has 19 heavy (non-hydrogen) atoms. The first kappa shape index (κ1) is 15.7. The summed E-state index contributed by atoms with van der Waals surface area (Å²) in [6, 6.07) is 3.88. The Hall–Kier alpha value is -1.35. The van der Waals surface area contributed by atoms with Gasteiger partial charge < -0.3 is 15.2 Å². The zero-order chi connectivity index (χ0) is 13.9. The molecule has 2 N–H and O–H groups in total. The van der Waals surface area contributed by atoms with E-state index in [0.717, 1.165) is 9.75 Å². The van der Waals surface area contributed by atoms with E-state index in [1.165, 1.54) is 0 Å².